The number of hydrogen-bond acceptors (Lipinski definition) is 3. The number of hydrogen-bond donors (Lipinski definition) is 3. The number of aliphatic imine (C=N–C) groups is 1. The SMILES string of the molecule is CCCCCCNC(=NCC(=O)NCCOC)NCC.I. The Balaban J connectivity index is 0. The highest BCUT2D eigenvalue weighted by atomic mass is 127. The van der Waals surface area contributed by atoms with Crippen molar-refractivity contribution in [2.24, 2.45) is 4.99 Å². The van der Waals surface area contributed by atoms with Gasteiger partial charge in [-0.2, -0.15) is 0 Å². The number of carbonyl (C=O) groups excluding carboxylic acids is 1. The molecule has 0 rings (SSSR count). The highest BCUT2D eigenvalue weighted by Crippen LogP contribution is 1.96. The van der Waals surface area contributed by atoms with Gasteiger partial charge < -0.3 is 20.7 Å². The van der Waals surface area contributed by atoms with E-state index in [1.165, 1.54) is 19.3 Å². The topological polar surface area (TPSA) is 74.8 Å². The first-order chi connectivity index (χ1) is 9.74. The summed E-state index contributed by atoms with van der Waals surface area (Å²) in [7, 11) is 1.61. The number of ether oxygens (including phenoxy) is 1. The first-order valence-corrected chi connectivity index (χ1v) is 7.52. The van der Waals surface area contributed by atoms with Crippen molar-refractivity contribution in [3.8, 4) is 0 Å². The van der Waals surface area contributed by atoms with E-state index in [-0.39, 0.29) is 36.4 Å². The lowest BCUT2D eigenvalue weighted by molar-refractivity contribution is -0.119. The van der Waals surface area contributed by atoms with Crippen molar-refractivity contribution in [1.82, 2.24) is 16.0 Å². The zero-order valence-corrected chi connectivity index (χ0v) is 15.9. The number of rotatable bonds is 11. The van der Waals surface area contributed by atoms with E-state index in [1.54, 1.807) is 7.11 Å². The van der Waals surface area contributed by atoms with Crippen molar-refractivity contribution < 1.29 is 9.53 Å². The Morgan fingerprint density at radius 1 is 1.05 bits per heavy atom. The molecule has 0 heterocycles. The van der Waals surface area contributed by atoms with E-state index in [1.807, 2.05) is 6.92 Å². The maximum absolute atomic E-state index is 11.5. The van der Waals surface area contributed by atoms with Crippen LogP contribution in [0.2, 0.25) is 0 Å². The minimum atomic E-state index is -0.0924. The molecule has 7 heteroatoms. The number of unbranched alkanes of at least 4 members (excludes halogenated alkanes) is 3. The first-order valence-electron chi connectivity index (χ1n) is 7.52. The highest BCUT2D eigenvalue weighted by molar-refractivity contribution is 14.0. The highest BCUT2D eigenvalue weighted by Gasteiger charge is 2.01. The lowest BCUT2D eigenvalue weighted by Gasteiger charge is -2.11. The summed E-state index contributed by atoms with van der Waals surface area (Å²) in [4.78, 5) is 15.8. The zero-order valence-electron chi connectivity index (χ0n) is 13.5. The second-order valence-electron chi connectivity index (χ2n) is 4.53. The Hall–Kier alpha value is -0.570. The lowest BCUT2D eigenvalue weighted by atomic mass is 10.2. The van der Waals surface area contributed by atoms with Crippen LogP contribution in [0.1, 0.15) is 39.5 Å². The minimum Gasteiger partial charge on any atom is -0.383 e. The zero-order chi connectivity index (χ0) is 15.1. The summed E-state index contributed by atoms with van der Waals surface area (Å²) in [6, 6.07) is 0. The molecule has 0 aliphatic rings. The van der Waals surface area contributed by atoms with Gasteiger partial charge in [-0.15, -0.1) is 24.0 Å². The first kappa shape index (κ1) is 22.7. The maximum atomic E-state index is 11.5. The van der Waals surface area contributed by atoms with Crippen molar-refractivity contribution >= 4 is 35.8 Å². The lowest BCUT2D eigenvalue weighted by Crippen LogP contribution is -2.39. The van der Waals surface area contributed by atoms with Gasteiger partial charge in [0.05, 0.1) is 6.61 Å². The maximum Gasteiger partial charge on any atom is 0.241 e. The van der Waals surface area contributed by atoms with Crippen molar-refractivity contribution in [2.75, 3.05) is 39.9 Å². The smallest absolute Gasteiger partial charge is 0.241 e. The van der Waals surface area contributed by atoms with Crippen LogP contribution in [0, 0.1) is 0 Å². The molecule has 0 aromatic heterocycles. The van der Waals surface area contributed by atoms with E-state index in [0.717, 1.165) is 19.5 Å². The van der Waals surface area contributed by atoms with E-state index >= 15 is 0 Å². The molecule has 0 radical (unpaired) electrons. The van der Waals surface area contributed by atoms with Crippen LogP contribution < -0.4 is 16.0 Å². The molecule has 0 aromatic carbocycles. The summed E-state index contributed by atoms with van der Waals surface area (Å²) in [5, 5.41) is 9.11. The molecule has 0 saturated carbocycles. The fourth-order valence-electron chi connectivity index (χ4n) is 1.60. The fourth-order valence-corrected chi connectivity index (χ4v) is 1.60. The van der Waals surface area contributed by atoms with Gasteiger partial charge in [0.1, 0.15) is 6.54 Å². The van der Waals surface area contributed by atoms with E-state index in [2.05, 4.69) is 27.9 Å². The molecule has 0 saturated heterocycles. The largest absolute Gasteiger partial charge is 0.383 e. The minimum absolute atomic E-state index is 0. The number of guanidine groups is 1. The molecule has 0 aliphatic carbocycles. The van der Waals surface area contributed by atoms with E-state index < -0.39 is 0 Å². The van der Waals surface area contributed by atoms with Crippen LogP contribution in [-0.4, -0.2) is 51.8 Å². The third-order valence-electron chi connectivity index (χ3n) is 2.68. The molecule has 3 N–H and O–H groups in total. The molecule has 0 aliphatic heterocycles. The van der Waals surface area contributed by atoms with E-state index in [0.29, 0.717) is 19.1 Å². The Morgan fingerprint density at radius 2 is 1.81 bits per heavy atom. The predicted octanol–water partition coefficient (Wildman–Crippen LogP) is 1.50. The van der Waals surface area contributed by atoms with Gasteiger partial charge in [-0.05, 0) is 13.3 Å². The summed E-state index contributed by atoms with van der Waals surface area (Å²) in [5.41, 5.74) is 0. The molecule has 126 valence electrons. The van der Waals surface area contributed by atoms with Gasteiger partial charge in [0.25, 0.3) is 0 Å². The molecule has 0 spiro atoms. The molecular formula is C14H31IN4O2. The van der Waals surface area contributed by atoms with Gasteiger partial charge >= 0.3 is 0 Å². The van der Waals surface area contributed by atoms with Gasteiger partial charge in [0.2, 0.25) is 5.91 Å². The Labute approximate surface area is 145 Å². The van der Waals surface area contributed by atoms with Crippen molar-refractivity contribution in [3.63, 3.8) is 0 Å². The predicted molar refractivity (Wildman–Crippen MR) is 98.4 cm³/mol. The van der Waals surface area contributed by atoms with Crippen molar-refractivity contribution in [1.29, 1.82) is 0 Å². The Kier molecular flexibility index (Phi) is 18.9. The second kappa shape index (κ2) is 17.5. The summed E-state index contributed by atoms with van der Waals surface area (Å²) in [6.07, 6.45) is 4.84. The van der Waals surface area contributed by atoms with Crippen LogP contribution in [0.4, 0.5) is 0 Å². The van der Waals surface area contributed by atoms with Crippen molar-refractivity contribution in [3.05, 3.63) is 0 Å². The average Bonchev–Trinajstić information content (AvgIpc) is 2.44. The van der Waals surface area contributed by atoms with E-state index in [9.17, 15) is 4.79 Å². The van der Waals surface area contributed by atoms with Crippen LogP contribution in [0.15, 0.2) is 4.99 Å². The molecular weight excluding hydrogens is 383 g/mol. The van der Waals surface area contributed by atoms with Crippen LogP contribution in [-0.2, 0) is 9.53 Å². The van der Waals surface area contributed by atoms with Crippen molar-refractivity contribution in [2.45, 2.75) is 39.5 Å². The van der Waals surface area contributed by atoms with Crippen LogP contribution in [0.3, 0.4) is 0 Å². The molecule has 0 aromatic rings. The van der Waals surface area contributed by atoms with Crippen LogP contribution in [0.25, 0.3) is 0 Å². The third-order valence-corrected chi connectivity index (χ3v) is 2.68. The number of carbonyl (C=O) groups is 1. The number of halogens is 1. The summed E-state index contributed by atoms with van der Waals surface area (Å²) >= 11 is 0. The van der Waals surface area contributed by atoms with E-state index in [4.69, 9.17) is 4.74 Å². The Bertz CT molecular complexity index is 276. The quantitative estimate of drug-likeness (QED) is 0.207. The van der Waals surface area contributed by atoms with Gasteiger partial charge in [-0.25, -0.2) is 4.99 Å². The molecule has 1 amide bonds. The number of nitrogens with one attached hydrogen (secondary N) is 3. The fraction of sp³-hybridized carbons (Fsp3) is 0.857. The third kappa shape index (κ3) is 15.6. The Morgan fingerprint density at radius 3 is 2.43 bits per heavy atom. The molecule has 6 nitrogen and oxygen atoms in total. The molecule has 0 bridgehead atoms. The van der Waals surface area contributed by atoms with Crippen LogP contribution >= 0.6 is 24.0 Å². The van der Waals surface area contributed by atoms with Gasteiger partial charge in [-0.1, -0.05) is 26.2 Å². The second-order valence-corrected chi connectivity index (χ2v) is 4.53. The molecule has 21 heavy (non-hydrogen) atoms. The standard InChI is InChI=1S/C14H30N4O2.HI/c1-4-6-7-8-9-17-14(15-5-2)18-12-13(19)16-10-11-20-3;/h4-12H2,1-3H3,(H,16,19)(H2,15,17,18);1H. The van der Waals surface area contributed by atoms with Gasteiger partial charge in [0.15, 0.2) is 5.96 Å². The summed E-state index contributed by atoms with van der Waals surface area (Å²) in [5.74, 6) is 0.608. The number of methoxy groups -OCH3 is 1. The summed E-state index contributed by atoms with van der Waals surface area (Å²) in [6.45, 7) is 7.04. The van der Waals surface area contributed by atoms with Crippen LogP contribution in [0.5, 0.6) is 0 Å². The average molecular weight is 414 g/mol. The normalized spacial score (nSPS) is 10.7. The molecule has 0 unspecified atom stereocenters. The molecule has 0 fully saturated rings. The molecule has 0 atom stereocenters. The van der Waals surface area contributed by atoms with Gasteiger partial charge in [-0.3, -0.25) is 4.79 Å². The summed E-state index contributed by atoms with van der Waals surface area (Å²) < 4.78 is 4.87. The number of amides is 1. The number of nitrogens with zero attached hydrogens (tertiary/aromatic N) is 1. The van der Waals surface area contributed by atoms with Gasteiger partial charge in [0, 0.05) is 26.7 Å². The monoisotopic (exact) mass is 414 g/mol.